The van der Waals surface area contributed by atoms with Gasteiger partial charge in [0.25, 0.3) is 10.1 Å². The highest BCUT2D eigenvalue weighted by molar-refractivity contribution is 7.86. The summed E-state index contributed by atoms with van der Waals surface area (Å²) in [5.41, 5.74) is 1.97. The van der Waals surface area contributed by atoms with Crippen LogP contribution in [0.25, 0.3) is 0 Å². The Morgan fingerprint density at radius 1 is 0.957 bits per heavy atom. The molecule has 2 aromatic carbocycles. The van der Waals surface area contributed by atoms with E-state index < -0.39 is 16.2 Å². The third-order valence-corrected chi connectivity index (χ3v) is 5.81. The number of benzene rings is 2. The number of aryl methyl sites for hydroxylation is 1. The van der Waals surface area contributed by atoms with Crippen molar-refractivity contribution >= 4 is 10.1 Å². The molecule has 0 amide bonds. The first-order chi connectivity index (χ1) is 11.1. The van der Waals surface area contributed by atoms with Crippen LogP contribution in [0.5, 0.6) is 0 Å². The smallest absolute Gasteiger partial charge is 0.258 e. The van der Waals surface area contributed by atoms with Gasteiger partial charge >= 0.3 is 0 Å². The largest absolute Gasteiger partial charge is 0.297 e. The zero-order valence-electron chi connectivity index (χ0n) is 13.3. The van der Waals surface area contributed by atoms with E-state index in [1.807, 2.05) is 37.3 Å². The Labute approximate surface area is 138 Å². The Balaban J connectivity index is 1.90. The fourth-order valence-electron chi connectivity index (χ4n) is 3.21. The Kier molecular flexibility index (Phi) is 4.83. The number of hydrogen-bond acceptors (Lipinski definition) is 3. The fourth-order valence-corrected chi connectivity index (χ4v) is 4.33. The minimum Gasteiger partial charge on any atom is -0.258 e. The number of hydrogen-bond donors (Lipinski definition) is 0. The quantitative estimate of drug-likeness (QED) is 0.751. The van der Waals surface area contributed by atoms with Crippen molar-refractivity contribution in [3.63, 3.8) is 0 Å². The van der Waals surface area contributed by atoms with Crippen molar-refractivity contribution in [2.45, 2.75) is 43.6 Å². The zero-order chi connectivity index (χ0) is 16.3. The predicted molar refractivity (Wildman–Crippen MR) is 90.6 cm³/mol. The van der Waals surface area contributed by atoms with E-state index >= 15 is 0 Å². The molecule has 4 heteroatoms. The highest BCUT2D eigenvalue weighted by atomic mass is 32.2. The fraction of sp³-hybridized carbons (Fsp3) is 0.368. The van der Waals surface area contributed by atoms with Gasteiger partial charge in [-0.2, -0.15) is 8.42 Å². The standard InChI is InChI=1S/C19H22O3S/c1-15-11-13-18(14-12-15)23(20,21)22-19(17-9-5-6-10-17)16-7-3-2-4-8-16/h2-4,7-8,11-14,17,19H,5-6,9-10H2,1H3. The Bertz CT molecular complexity index is 730. The van der Waals surface area contributed by atoms with Crippen LogP contribution in [0.4, 0.5) is 0 Å². The average molecular weight is 330 g/mol. The van der Waals surface area contributed by atoms with Crippen molar-refractivity contribution in [3.8, 4) is 0 Å². The lowest BCUT2D eigenvalue weighted by atomic mass is 9.95. The van der Waals surface area contributed by atoms with E-state index in [9.17, 15) is 8.42 Å². The van der Waals surface area contributed by atoms with Gasteiger partial charge in [-0.15, -0.1) is 0 Å². The maximum atomic E-state index is 12.7. The molecule has 1 aliphatic rings. The lowest BCUT2D eigenvalue weighted by Crippen LogP contribution is -2.18. The van der Waals surface area contributed by atoms with E-state index in [1.54, 1.807) is 24.3 Å². The predicted octanol–water partition coefficient (Wildman–Crippen LogP) is 4.63. The van der Waals surface area contributed by atoms with Crippen LogP contribution in [-0.2, 0) is 14.3 Å². The lowest BCUT2D eigenvalue weighted by Gasteiger charge is -2.23. The molecular formula is C19H22O3S. The van der Waals surface area contributed by atoms with Crippen LogP contribution < -0.4 is 0 Å². The van der Waals surface area contributed by atoms with Gasteiger partial charge in [0.1, 0.15) is 6.10 Å². The Morgan fingerprint density at radius 3 is 2.17 bits per heavy atom. The molecule has 3 nitrogen and oxygen atoms in total. The SMILES string of the molecule is Cc1ccc(S(=O)(=O)OC(c2ccccc2)C2CCCC2)cc1. The van der Waals surface area contributed by atoms with Gasteiger partial charge in [-0.05, 0) is 43.4 Å². The van der Waals surface area contributed by atoms with Gasteiger partial charge in [0, 0.05) is 0 Å². The third-order valence-electron chi connectivity index (χ3n) is 4.50. The first-order valence-corrected chi connectivity index (χ1v) is 9.52. The normalized spacial score (nSPS) is 17.3. The summed E-state index contributed by atoms with van der Waals surface area (Å²) < 4.78 is 31.0. The molecule has 0 heterocycles. The van der Waals surface area contributed by atoms with E-state index in [2.05, 4.69) is 0 Å². The van der Waals surface area contributed by atoms with Gasteiger partial charge in [-0.1, -0.05) is 60.9 Å². The molecule has 1 fully saturated rings. The van der Waals surface area contributed by atoms with E-state index in [-0.39, 0.29) is 10.8 Å². The maximum absolute atomic E-state index is 12.7. The summed E-state index contributed by atoms with van der Waals surface area (Å²) in [5.74, 6) is 0.262. The molecule has 0 bridgehead atoms. The van der Waals surface area contributed by atoms with E-state index in [0.717, 1.165) is 36.8 Å². The first-order valence-electron chi connectivity index (χ1n) is 8.11. The van der Waals surface area contributed by atoms with Gasteiger partial charge in [0.2, 0.25) is 0 Å². The molecule has 1 aliphatic carbocycles. The second kappa shape index (κ2) is 6.85. The molecule has 1 unspecified atom stereocenters. The molecule has 0 aromatic heterocycles. The highest BCUT2D eigenvalue weighted by Gasteiger charge is 2.32. The zero-order valence-corrected chi connectivity index (χ0v) is 14.1. The van der Waals surface area contributed by atoms with E-state index in [0.29, 0.717) is 0 Å². The van der Waals surface area contributed by atoms with Crippen LogP contribution in [0.1, 0.15) is 42.9 Å². The van der Waals surface area contributed by atoms with Crippen molar-refractivity contribution in [3.05, 3.63) is 65.7 Å². The molecule has 1 atom stereocenters. The van der Waals surface area contributed by atoms with Gasteiger partial charge in [0.05, 0.1) is 4.90 Å². The molecule has 2 aromatic rings. The Hall–Kier alpha value is -1.65. The number of rotatable bonds is 5. The molecule has 122 valence electrons. The van der Waals surface area contributed by atoms with Crippen LogP contribution in [0.15, 0.2) is 59.5 Å². The monoisotopic (exact) mass is 330 g/mol. The molecule has 0 radical (unpaired) electrons. The lowest BCUT2D eigenvalue weighted by molar-refractivity contribution is 0.145. The summed E-state index contributed by atoms with van der Waals surface area (Å²) in [4.78, 5) is 0.224. The van der Waals surface area contributed by atoms with E-state index in [4.69, 9.17) is 4.18 Å². The molecule has 23 heavy (non-hydrogen) atoms. The Morgan fingerprint density at radius 2 is 1.57 bits per heavy atom. The van der Waals surface area contributed by atoms with Crippen molar-refractivity contribution in [2.75, 3.05) is 0 Å². The molecule has 0 aliphatic heterocycles. The van der Waals surface area contributed by atoms with Gasteiger partial charge in [0.15, 0.2) is 0 Å². The molecule has 0 N–H and O–H groups in total. The highest BCUT2D eigenvalue weighted by Crippen LogP contribution is 2.39. The second-order valence-corrected chi connectivity index (χ2v) is 7.81. The molecule has 0 saturated heterocycles. The third kappa shape index (κ3) is 3.82. The summed E-state index contributed by atoms with van der Waals surface area (Å²) in [6.45, 7) is 1.93. The minimum atomic E-state index is -3.76. The first kappa shape index (κ1) is 16.2. The van der Waals surface area contributed by atoms with Gasteiger partial charge < -0.3 is 0 Å². The van der Waals surface area contributed by atoms with Crippen molar-refractivity contribution < 1.29 is 12.6 Å². The van der Waals surface area contributed by atoms with Crippen LogP contribution >= 0.6 is 0 Å². The summed E-state index contributed by atoms with van der Waals surface area (Å²) in [6, 6.07) is 16.5. The second-order valence-electron chi connectivity index (χ2n) is 6.24. The van der Waals surface area contributed by atoms with Crippen molar-refractivity contribution in [1.82, 2.24) is 0 Å². The van der Waals surface area contributed by atoms with Gasteiger partial charge in [-0.3, -0.25) is 4.18 Å². The molecular weight excluding hydrogens is 308 g/mol. The van der Waals surface area contributed by atoms with Crippen molar-refractivity contribution in [1.29, 1.82) is 0 Å². The van der Waals surface area contributed by atoms with Crippen LogP contribution in [0.2, 0.25) is 0 Å². The summed E-state index contributed by atoms with van der Waals surface area (Å²) in [6.07, 6.45) is 3.92. The summed E-state index contributed by atoms with van der Waals surface area (Å²) in [7, 11) is -3.76. The van der Waals surface area contributed by atoms with E-state index in [1.165, 1.54) is 0 Å². The van der Waals surface area contributed by atoms with Crippen molar-refractivity contribution in [2.24, 2.45) is 5.92 Å². The van der Waals surface area contributed by atoms with Gasteiger partial charge in [-0.25, -0.2) is 0 Å². The molecule has 0 spiro atoms. The molecule has 1 saturated carbocycles. The topological polar surface area (TPSA) is 43.4 Å². The summed E-state index contributed by atoms with van der Waals surface area (Å²) >= 11 is 0. The minimum absolute atomic E-state index is 0.224. The maximum Gasteiger partial charge on any atom is 0.297 e. The van der Waals surface area contributed by atoms with Crippen LogP contribution in [0, 0.1) is 12.8 Å². The van der Waals surface area contributed by atoms with Crippen LogP contribution in [-0.4, -0.2) is 8.42 Å². The molecule has 3 rings (SSSR count). The van der Waals surface area contributed by atoms with Crippen LogP contribution in [0.3, 0.4) is 0 Å². The average Bonchev–Trinajstić information content (AvgIpc) is 3.08. The summed E-state index contributed by atoms with van der Waals surface area (Å²) in [5, 5.41) is 0.